The molecule has 8 nitrogen and oxygen atoms in total. The van der Waals surface area contributed by atoms with Crippen LogP contribution in [-0.4, -0.2) is 45.7 Å². The predicted molar refractivity (Wildman–Crippen MR) is 147 cm³/mol. The Balaban J connectivity index is 1.42. The summed E-state index contributed by atoms with van der Waals surface area (Å²) in [5.74, 6) is 0.279. The first-order valence-electron chi connectivity index (χ1n) is 12.9. The first-order valence-corrected chi connectivity index (χ1v) is 12.9. The first kappa shape index (κ1) is 24.8. The Morgan fingerprint density at radius 2 is 1.82 bits per heavy atom. The van der Waals surface area contributed by atoms with Gasteiger partial charge in [-0.1, -0.05) is 42.5 Å². The molecule has 6 rings (SSSR count). The number of H-pyrrole nitrogens is 1. The van der Waals surface area contributed by atoms with Gasteiger partial charge in [-0.15, -0.1) is 0 Å². The number of nitrogens with zero attached hydrogens (tertiary/aromatic N) is 4. The van der Waals surface area contributed by atoms with Crippen molar-refractivity contribution < 1.29 is 13.9 Å². The van der Waals surface area contributed by atoms with E-state index in [4.69, 9.17) is 14.5 Å². The highest BCUT2D eigenvalue weighted by Crippen LogP contribution is 2.27. The van der Waals surface area contributed by atoms with E-state index in [0.29, 0.717) is 36.8 Å². The van der Waals surface area contributed by atoms with Crippen LogP contribution in [0.4, 0.5) is 10.1 Å². The summed E-state index contributed by atoms with van der Waals surface area (Å²) < 4.78 is 26.5. The molecule has 0 saturated carbocycles. The number of morpholine rings is 1. The number of rotatable bonds is 7. The molecule has 0 bridgehead atoms. The SMILES string of the molecule is Cc1cc(N2CCOCC2)cn2c(=O)c(OCc3ccccc3)c(-c3ncc(Cc4ccc(F)cc4)[nH]3)nc12. The Hall–Kier alpha value is -4.50. The van der Waals surface area contributed by atoms with Crippen LogP contribution in [-0.2, 0) is 17.8 Å². The lowest BCUT2D eigenvalue weighted by Crippen LogP contribution is -2.36. The predicted octanol–water partition coefficient (Wildman–Crippen LogP) is 4.54. The summed E-state index contributed by atoms with van der Waals surface area (Å²) >= 11 is 0. The molecule has 9 heteroatoms. The van der Waals surface area contributed by atoms with Crippen molar-refractivity contribution in [3.8, 4) is 17.3 Å². The maximum atomic E-state index is 13.9. The Labute approximate surface area is 224 Å². The molecule has 1 aliphatic heterocycles. The van der Waals surface area contributed by atoms with Gasteiger partial charge in [-0.25, -0.2) is 14.4 Å². The summed E-state index contributed by atoms with van der Waals surface area (Å²) in [4.78, 5) is 28.9. The lowest BCUT2D eigenvalue weighted by atomic mass is 10.1. The molecule has 0 unspecified atom stereocenters. The van der Waals surface area contributed by atoms with Gasteiger partial charge in [0.2, 0.25) is 5.75 Å². The smallest absolute Gasteiger partial charge is 0.301 e. The Kier molecular flexibility index (Phi) is 6.81. The Bertz CT molecular complexity index is 1660. The lowest BCUT2D eigenvalue weighted by molar-refractivity contribution is 0.122. The van der Waals surface area contributed by atoms with Gasteiger partial charge < -0.3 is 19.4 Å². The number of imidazole rings is 1. The Morgan fingerprint density at radius 3 is 2.59 bits per heavy atom. The second-order valence-electron chi connectivity index (χ2n) is 9.60. The number of ether oxygens (including phenoxy) is 2. The molecule has 1 N–H and O–H groups in total. The third-order valence-corrected chi connectivity index (χ3v) is 6.82. The van der Waals surface area contributed by atoms with Crippen LogP contribution in [0.25, 0.3) is 17.2 Å². The molecule has 0 atom stereocenters. The van der Waals surface area contributed by atoms with Gasteiger partial charge in [-0.05, 0) is 41.8 Å². The summed E-state index contributed by atoms with van der Waals surface area (Å²) in [6, 6.07) is 18.1. The number of aromatic nitrogens is 4. The molecule has 0 aliphatic carbocycles. The van der Waals surface area contributed by atoms with E-state index >= 15 is 0 Å². The van der Waals surface area contributed by atoms with E-state index in [9.17, 15) is 9.18 Å². The fourth-order valence-corrected chi connectivity index (χ4v) is 4.78. The minimum absolute atomic E-state index is 0.123. The quantitative estimate of drug-likeness (QED) is 0.336. The molecular formula is C30H28FN5O3. The van der Waals surface area contributed by atoms with E-state index in [-0.39, 0.29) is 23.7 Å². The summed E-state index contributed by atoms with van der Waals surface area (Å²) in [6.07, 6.45) is 4.06. The van der Waals surface area contributed by atoms with Crippen LogP contribution in [0.15, 0.2) is 77.9 Å². The van der Waals surface area contributed by atoms with E-state index < -0.39 is 0 Å². The van der Waals surface area contributed by atoms with Crippen molar-refractivity contribution in [2.24, 2.45) is 0 Å². The summed E-state index contributed by atoms with van der Waals surface area (Å²) in [5.41, 5.74) is 5.07. The number of benzene rings is 2. The number of pyridine rings is 1. The number of aryl methyl sites for hydroxylation is 1. The normalized spacial score (nSPS) is 13.6. The Morgan fingerprint density at radius 1 is 1.05 bits per heavy atom. The van der Waals surface area contributed by atoms with Crippen molar-refractivity contribution in [1.29, 1.82) is 0 Å². The second-order valence-corrected chi connectivity index (χ2v) is 9.60. The summed E-state index contributed by atoms with van der Waals surface area (Å²) in [6.45, 7) is 4.96. The van der Waals surface area contributed by atoms with Crippen molar-refractivity contribution in [2.45, 2.75) is 20.0 Å². The average Bonchev–Trinajstić information content (AvgIpc) is 3.43. The van der Waals surface area contributed by atoms with E-state index in [1.54, 1.807) is 22.7 Å². The largest absolute Gasteiger partial charge is 0.481 e. The van der Waals surface area contributed by atoms with E-state index in [1.165, 1.54) is 12.1 Å². The summed E-state index contributed by atoms with van der Waals surface area (Å²) in [7, 11) is 0. The van der Waals surface area contributed by atoms with Crippen LogP contribution in [0.5, 0.6) is 5.75 Å². The minimum Gasteiger partial charge on any atom is -0.481 e. The zero-order valence-corrected chi connectivity index (χ0v) is 21.6. The standard InChI is InChI=1S/C30H28FN5O3/c1-20-15-25(35-11-13-38-14-12-35)18-36-29(20)34-26(27(30(36)37)39-19-22-5-3-2-4-6-22)28-32-17-24(33-28)16-21-7-9-23(31)10-8-21/h2-10,15,17-18H,11-14,16,19H2,1H3,(H,32,33). The van der Waals surface area contributed by atoms with Gasteiger partial charge in [0.05, 0.1) is 18.9 Å². The number of nitrogens with one attached hydrogen (secondary N) is 1. The third-order valence-electron chi connectivity index (χ3n) is 6.82. The molecule has 0 radical (unpaired) electrons. The van der Waals surface area contributed by atoms with Crippen LogP contribution in [0, 0.1) is 12.7 Å². The number of fused-ring (bicyclic) bond motifs is 1. The van der Waals surface area contributed by atoms with Crippen LogP contribution >= 0.6 is 0 Å². The molecule has 1 aliphatic rings. The van der Waals surface area contributed by atoms with Crippen molar-refractivity contribution in [3.05, 3.63) is 112 Å². The molecule has 5 aromatic rings. The van der Waals surface area contributed by atoms with Crippen LogP contribution in [0.2, 0.25) is 0 Å². The topological polar surface area (TPSA) is 84.8 Å². The van der Waals surface area contributed by atoms with Gasteiger partial charge in [0.25, 0.3) is 0 Å². The molecule has 39 heavy (non-hydrogen) atoms. The average molecular weight is 526 g/mol. The van der Waals surface area contributed by atoms with Gasteiger partial charge >= 0.3 is 5.56 Å². The molecular weight excluding hydrogens is 497 g/mol. The van der Waals surface area contributed by atoms with Gasteiger partial charge in [-0.2, -0.15) is 0 Å². The van der Waals surface area contributed by atoms with Gasteiger partial charge in [0.1, 0.15) is 18.1 Å². The second kappa shape index (κ2) is 10.7. The molecule has 3 aromatic heterocycles. The van der Waals surface area contributed by atoms with Crippen LogP contribution < -0.4 is 15.2 Å². The third kappa shape index (κ3) is 5.26. The highest BCUT2D eigenvalue weighted by molar-refractivity contribution is 5.66. The minimum atomic E-state index is -0.305. The maximum Gasteiger partial charge on any atom is 0.301 e. The van der Waals surface area contributed by atoms with Crippen LogP contribution in [0.3, 0.4) is 0 Å². The number of anilines is 1. The molecule has 2 aromatic carbocycles. The van der Waals surface area contributed by atoms with E-state index in [2.05, 4.69) is 14.9 Å². The van der Waals surface area contributed by atoms with Gasteiger partial charge in [0.15, 0.2) is 11.5 Å². The van der Waals surface area contributed by atoms with E-state index in [1.807, 2.05) is 49.5 Å². The van der Waals surface area contributed by atoms with Gasteiger partial charge in [0, 0.05) is 37.6 Å². The number of halogens is 1. The first-order chi connectivity index (χ1) is 19.0. The molecule has 0 amide bonds. The molecule has 4 heterocycles. The zero-order valence-electron chi connectivity index (χ0n) is 21.6. The fourth-order valence-electron chi connectivity index (χ4n) is 4.78. The van der Waals surface area contributed by atoms with Crippen molar-refractivity contribution in [3.63, 3.8) is 0 Å². The number of aromatic amines is 1. The molecule has 0 spiro atoms. The highest BCUT2D eigenvalue weighted by atomic mass is 19.1. The fraction of sp³-hybridized carbons (Fsp3) is 0.233. The highest BCUT2D eigenvalue weighted by Gasteiger charge is 2.22. The monoisotopic (exact) mass is 525 g/mol. The van der Waals surface area contributed by atoms with Crippen LogP contribution in [0.1, 0.15) is 22.4 Å². The molecule has 1 saturated heterocycles. The number of hydrogen-bond donors (Lipinski definition) is 1. The molecule has 198 valence electrons. The molecule has 1 fully saturated rings. The van der Waals surface area contributed by atoms with Crippen molar-refractivity contribution in [1.82, 2.24) is 19.4 Å². The van der Waals surface area contributed by atoms with Gasteiger partial charge in [-0.3, -0.25) is 9.20 Å². The number of hydrogen-bond acceptors (Lipinski definition) is 6. The van der Waals surface area contributed by atoms with Crippen molar-refractivity contribution in [2.75, 3.05) is 31.2 Å². The van der Waals surface area contributed by atoms with Crippen molar-refractivity contribution >= 4 is 11.3 Å². The zero-order chi connectivity index (χ0) is 26.8. The maximum absolute atomic E-state index is 13.9. The summed E-state index contributed by atoms with van der Waals surface area (Å²) in [5, 5.41) is 0. The lowest BCUT2D eigenvalue weighted by Gasteiger charge is -2.29. The van der Waals surface area contributed by atoms with E-state index in [0.717, 1.165) is 41.2 Å².